The fourth-order valence-corrected chi connectivity index (χ4v) is 5.28. The summed E-state index contributed by atoms with van der Waals surface area (Å²) >= 11 is 1.27. The Hall–Kier alpha value is -2.09. The second kappa shape index (κ2) is 9.04. The lowest BCUT2D eigenvalue weighted by atomic mass is 9.84. The predicted octanol–water partition coefficient (Wildman–Crippen LogP) is 4.37. The van der Waals surface area contributed by atoms with Gasteiger partial charge in [-0.1, -0.05) is 44.7 Å². The van der Waals surface area contributed by atoms with E-state index in [0.29, 0.717) is 17.1 Å². The zero-order chi connectivity index (χ0) is 23.8. The normalized spacial score (nSPS) is 16.1. The minimum Gasteiger partial charge on any atom is -0.507 e. The number of aromatic hydroxyl groups is 1. The van der Waals surface area contributed by atoms with E-state index in [2.05, 4.69) is 0 Å². The molecule has 1 amide bonds. The highest BCUT2D eigenvalue weighted by atomic mass is 32.2. The Morgan fingerprint density at radius 1 is 1.16 bits per heavy atom. The monoisotopic (exact) mass is 476 g/mol. The van der Waals surface area contributed by atoms with Crippen LogP contribution in [0, 0.1) is 0 Å². The average Bonchev–Trinajstić information content (AvgIpc) is 2.65. The van der Waals surface area contributed by atoms with E-state index in [1.54, 1.807) is 18.2 Å². The molecule has 0 bridgehead atoms. The van der Waals surface area contributed by atoms with Crippen LogP contribution in [-0.4, -0.2) is 46.1 Å². The second-order valence-corrected chi connectivity index (χ2v) is 11.9. The third-order valence-corrected chi connectivity index (χ3v) is 6.69. The lowest BCUT2D eigenvalue weighted by Gasteiger charge is -2.30. The maximum Gasteiger partial charge on any atom is 0.345 e. The molecule has 2 aromatic carbocycles. The molecule has 1 aliphatic rings. The minimum absolute atomic E-state index is 0.240. The van der Waals surface area contributed by atoms with Crippen LogP contribution in [0.5, 0.6) is 5.75 Å². The molecule has 0 unspecified atom stereocenters. The summed E-state index contributed by atoms with van der Waals surface area (Å²) < 4.78 is 11.7. The van der Waals surface area contributed by atoms with Crippen LogP contribution in [0.1, 0.15) is 37.5 Å². The van der Waals surface area contributed by atoms with Crippen molar-refractivity contribution in [2.24, 2.45) is 0 Å². The van der Waals surface area contributed by atoms with Crippen LogP contribution in [0.2, 0.25) is 0 Å². The number of carbonyl (C=O) groups excluding carboxylic acids is 1. The van der Waals surface area contributed by atoms with Crippen LogP contribution in [0.4, 0.5) is 5.69 Å². The molecular weight excluding hydrogens is 447 g/mol. The Bertz CT molecular complexity index is 1120. The fraction of sp³-hybridized carbons (Fsp3) is 0.348. The van der Waals surface area contributed by atoms with Gasteiger partial charge in [0, 0.05) is 22.6 Å². The molecule has 0 aromatic heterocycles. The van der Waals surface area contributed by atoms with Crippen molar-refractivity contribution in [1.82, 2.24) is 4.90 Å². The molecule has 172 valence electrons. The maximum atomic E-state index is 13.2. The molecule has 7 nitrogen and oxygen atoms in total. The van der Waals surface area contributed by atoms with E-state index in [-0.39, 0.29) is 11.2 Å². The van der Waals surface area contributed by atoms with Gasteiger partial charge in [0.1, 0.15) is 12.0 Å². The zero-order valence-corrected chi connectivity index (χ0v) is 20.6. The van der Waals surface area contributed by atoms with Crippen molar-refractivity contribution in [1.29, 1.82) is 0 Å². The molecular formula is C23H29N2O5PS. The number of carbonyl (C=O) groups is 1. The molecule has 0 spiro atoms. The van der Waals surface area contributed by atoms with Crippen LogP contribution >= 0.6 is 19.4 Å². The van der Waals surface area contributed by atoms with E-state index in [1.165, 1.54) is 11.8 Å². The van der Waals surface area contributed by atoms with Gasteiger partial charge in [0.25, 0.3) is 5.91 Å². The number of phenolic OH excluding ortho intramolecular Hbond substituents is 1. The van der Waals surface area contributed by atoms with E-state index in [0.717, 1.165) is 26.5 Å². The molecule has 1 aliphatic heterocycles. The number of para-hydroxylation sites is 1. The second-order valence-electron chi connectivity index (χ2n) is 9.18. The van der Waals surface area contributed by atoms with E-state index in [4.69, 9.17) is 0 Å². The van der Waals surface area contributed by atoms with Crippen molar-refractivity contribution in [2.45, 2.75) is 37.6 Å². The summed E-state index contributed by atoms with van der Waals surface area (Å²) in [5, 5.41) is 10.8. The highest BCUT2D eigenvalue weighted by molar-refractivity contribution is 8.04. The van der Waals surface area contributed by atoms with Crippen molar-refractivity contribution < 1.29 is 24.3 Å². The number of fused-ring (bicyclic) bond motifs is 1. The van der Waals surface area contributed by atoms with Gasteiger partial charge in [-0.3, -0.25) is 14.3 Å². The Balaban J connectivity index is 2.13. The van der Waals surface area contributed by atoms with Gasteiger partial charge in [-0.15, -0.1) is 0 Å². The number of benzene rings is 2. The number of thioether (sulfide) groups is 1. The van der Waals surface area contributed by atoms with Crippen molar-refractivity contribution in [3.63, 3.8) is 0 Å². The summed E-state index contributed by atoms with van der Waals surface area (Å²) in [6.45, 7) is 6.56. The lowest BCUT2D eigenvalue weighted by Crippen LogP contribution is -2.35. The minimum atomic E-state index is -4.47. The van der Waals surface area contributed by atoms with Gasteiger partial charge in [-0.05, 0) is 55.4 Å². The van der Waals surface area contributed by atoms with Gasteiger partial charge < -0.3 is 19.8 Å². The number of amides is 1. The Labute approximate surface area is 192 Å². The summed E-state index contributed by atoms with van der Waals surface area (Å²) in [5.41, 5.74) is 2.43. The van der Waals surface area contributed by atoms with Crippen molar-refractivity contribution in [3.8, 4) is 5.75 Å². The number of hydrogen-bond acceptors (Lipinski definition) is 5. The molecule has 9 heteroatoms. The van der Waals surface area contributed by atoms with Crippen LogP contribution in [0.25, 0.3) is 6.08 Å². The first kappa shape index (κ1) is 24.6. The smallest absolute Gasteiger partial charge is 0.345 e. The topological polar surface area (TPSA) is 101 Å². The first-order valence-electron chi connectivity index (χ1n) is 10.1. The molecule has 3 N–H and O–H groups in total. The predicted molar refractivity (Wildman–Crippen MR) is 129 cm³/mol. The molecule has 0 atom stereocenters. The van der Waals surface area contributed by atoms with E-state index < -0.39 is 19.8 Å². The van der Waals surface area contributed by atoms with E-state index in [9.17, 15) is 24.3 Å². The van der Waals surface area contributed by atoms with Crippen molar-refractivity contribution >= 4 is 37.0 Å². The standard InChI is InChI=1S/C23H29N2O5PS/c1-23(2,3)17-11-15(10-16(21(17)26)13-24(4)5)12-20-22(27)25(14-31(28,29)30)18-8-6-7-9-19(18)32-20/h6-12,26H,13-14H2,1-5H3,(H2,28,29,30). The summed E-state index contributed by atoms with van der Waals surface area (Å²) in [5.74, 6) is -0.221. The van der Waals surface area contributed by atoms with Crippen molar-refractivity contribution in [2.75, 3.05) is 25.3 Å². The quantitative estimate of drug-likeness (QED) is 0.435. The summed E-state index contributed by atoms with van der Waals surface area (Å²) in [6, 6.07) is 10.8. The maximum absolute atomic E-state index is 13.2. The molecule has 1 heterocycles. The van der Waals surface area contributed by atoms with Gasteiger partial charge in [-0.2, -0.15) is 0 Å². The van der Waals surface area contributed by atoms with Crippen LogP contribution in [0.15, 0.2) is 46.2 Å². The highest BCUT2D eigenvalue weighted by Crippen LogP contribution is 2.46. The van der Waals surface area contributed by atoms with E-state index in [1.807, 2.05) is 64.0 Å². The first-order chi connectivity index (χ1) is 14.8. The SMILES string of the molecule is CN(C)Cc1cc(C=C2Sc3ccccc3N(CP(=O)(O)O)C2=O)cc(C(C)(C)C)c1O. The van der Waals surface area contributed by atoms with Gasteiger partial charge >= 0.3 is 7.60 Å². The molecule has 0 fully saturated rings. The highest BCUT2D eigenvalue weighted by Gasteiger charge is 2.33. The Morgan fingerprint density at radius 2 is 1.81 bits per heavy atom. The zero-order valence-electron chi connectivity index (χ0n) is 18.9. The molecule has 2 aromatic rings. The number of nitrogens with zero attached hydrogens (tertiary/aromatic N) is 2. The van der Waals surface area contributed by atoms with Gasteiger partial charge in [0.15, 0.2) is 0 Å². The van der Waals surface area contributed by atoms with Crippen LogP contribution in [0.3, 0.4) is 0 Å². The largest absolute Gasteiger partial charge is 0.507 e. The molecule has 0 radical (unpaired) electrons. The fourth-order valence-electron chi connectivity index (χ4n) is 3.57. The Morgan fingerprint density at radius 3 is 2.41 bits per heavy atom. The number of hydrogen-bond donors (Lipinski definition) is 3. The van der Waals surface area contributed by atoms with Crippen LogP contribution in [-0.2, 0) is 21.3 Å². The third kappa shape index (κ3) is 5.63. The number of rotatable bonds is 5. The molecule has 0 aliphatic carbocycles. The molecule has 32 heavy (non-hydrogen) atoms. The van der Waals surface area contributed by atoms with Crippen LogP contribution < -0.4 is 4.90 Å². The third-order valence-electron chi connectivity index (χ3n) is 4.96. The number of anilines is 1. The lowest BCUT2D eigenvalue weighted by molar-refractivity contribution is -0.114. The van der Waals surface area contributed by atoms with Crippen molar-refractivity contribution in [3.05, 3.63) is 58.0 Å². The molecule has 0 saturated carbocycles. The summed E-state index contributed by atoms with van der Waals surface area (Å²) in [7, 11) is -0.635. The summed E-state index contributed by atoms with van der Waals surface area (Å²) in [4.78, 5) is 36.5. The van der Waals surface area contributed by atoms with E-state index >= 15 is 0 Å². The van der Waals surface area contributed by atoms with Gasteiger partial charge in [0.2, 0.25) is 0 Å². The molecule has 3 rings (SSSR count). The molecule has 0 saturated heterocycles. The average molecular weight is 477 g/mol. The summed E-state index contributed by atoms with van der Waals surface area (Å²) in [6.07, 6.45) is 1.04. The Kier molecular flexibility index (Phi) is 6.94. The van der Waals surface area contributed by atoms with Gasteiger partial charge in [0.05, 0.1) is 10.6 Å². The van der Waals surface area contributed by atoms with Gasteiger partial charge in [-0.25, -0.2) is 0 Å². The first-order valence-corrected chi connectivity index (χ1v) is 12.7. The number of phenols is 1.